The molecule has 2 aromatic carbocycles. The summed E-state index contributed by atoms with van der Waals surface area (Å²) in [5.41, 5.74) is 4.97. The normalized spacial score (nSPS) is 15.1. The summed E-state index contributed by atoms with van der Waals surface area (Å²) in [5.74, 6) is 0.377. The van der Waals surface area contributed by atoms with Gasteiger partial charge in [0.15, 0.2) is 0 Å². The first-order chi connectivity index (χ1) is 14.0. The van der Waals surface area contributed by atoms with Crippen LogP contribution in [0.5, 0.6) is 5.75 Å². The van der Waals surface area contributed by atoms with E-state index < -0.39 is 5.91 Å². The van der Waals surface area contributed by atoms with Crippen LogP contribution in [0.3, 0.4) is 0 Å². The Morgan fingerprint density at radius 3 is 2.45 bits per heavy atom. The lowest BCUT2D eigenvalue weighted by molar-refractivity contribution is -0.124. The van der Waals surface area contributed by atoms with Gasteiger partial charge in [0.1, 0.15) is 5.75 Å². The van der Waals surface area contributed by atoms with Gasteiger partial charge in [0, 0.05) is 44.5 Å². The molecule has 0 aliphatic carbocycles. The fourth-order valence-corrected chi connectivity index (χ4v) is 3.47. The second kappa shape index (κ2) is 10.1. The Morgan fingerprint density at radius 2 is 1.79 bits per heavy atom. The first kappa shape index (κ1) is 20.9. The Hall–Kier alpha value is -2.83. The van der Waals surface area contributed by atoms with Crippen molar-refractivity contribution in [1.82, 2.24) is 10.4 Å². The first-order valence-electron chi connectivity index (χ1n) is 9.99. The van der Waals surface area contributed by atoms with E-state index in [1.165, 1.54) is 11.6 Å². The van der Waals surface area contributed by atoms with Crippen LogP contribution in [0.4, 0.5) is 5.69 Å². The predicted molar refractivity (Wildman–Crippen MR) is 115 cm³/mol. The van der Waals surface area contributed by atoms with Crippen LogP contribution in [-0.2, 0) is 11.3 Å². The number of para-hydroxylation sites is 1. The Labute approximate surface area is 172 Å². The Morgan fingerprint density at radius 1 is 1.10 bits per heavy atom. The zero-order chi connectivity index (χ0) is 20.6. The number of hydrogen-bond acceptors (Lipinski definition) is 5. The molecule has 1 amide bonds. The van der Waals surface area contributed by atoms with E-state index in [4.69, 9.17) is 9.94 Å². The summed E-state index contributed by atoms with van der Waals surface area (Å²) >= 11 is 0. The van der Waals surface area contributed by atoms with Crippen molar-refractivity contribution in [3.63, 3.8) is 0 Å². The van der Waals surface area contributed by atoms with Crippen LogP contribution >= 0.6 is 0 Å². The third-order valence-electron chi connectivity index (χ3n) is 4.88. The van der Waals surface area contributed by atoms with Crippen LogP contribution in [0, 0.1) is 0 Å². The van der Waals surface area contributed by atoms with E-state index >= 15 is 0 Å². The molecule has 154 valence electrons. The van der Waals surface area contributed by atoms with E-state index in [2.05, 4.69) is 28.0 Å². The SMILES string of the molecule is CC(C)Oc1ccc(CN2CCN(c3ccccc3C=CC(=O)NO)CC2)cc1. The van der Waals surface area contributed by atoms with Gasteiger partial charge in [-0.2, -0.15) is 0 Å². The van der Waals surface area contributed by atoms with Crippen molar-refractivity contribution in [3.05, 3.63) is 65.7 Å². The standard InChI is InChI=1S/C23H29N3O3/c1-18(2)29-21-10-7-19(8-11-21)17-25-13-15-26(16-14-25)22-6-4-3-5-20(22)9-12-23(27)24-28/h3-12,18,28H,13-17H2,1-2H3,(H,24,27). The zero-order valence-corrected chi connectivity index (χ0v) is 17.0. The molecule has 0 radical (unpaired) electrons. The molecule has 0 atom stereocenters. The molecule has 2 aromatic rings. The van der Waals surface area contributed by atoms with Crippen LogP contribution in [-0.4, -0.2) is 48.3 Å². The van der Waals surface area contributed by atoms with Crippen molar-refractivity contribution in [3.8, 4) is 5.75 Å². The number of nitrogens with one attached hydrogen (secondary N) is 1. The number of carbonyl (C=O) groups is 1. The molecule has 0 unspecified atom stereocenters. The molecule has 0 bridgehead atoms. The third-order valence-corrected chi connectivity index (χ3v) is 4.88. The van der Waals surface area contributed by atoms with Crippen LogP contribution in [0.1, 0.15) is 25.0 Å². The van der Waals surface area contributed by atoms with Crippen molar-refractivity contribution in [1.29, 1.82) is 0 Å². The highest BCUT2D eigenvalue weighted by Gasteiger charge is 2.18. The van der Waals surface area contributed by atoms with Gasteiger partial charge in [0.25, 0.3) is 5.91 Å². The average molecular weight is 396 g/mol. The van der Waals surface area contributed by atoms with E-state index in [9.17, 15) is 4.79 Å². The maximum Gasteiger partial charge on any atom is 0.267 e. The van der Waals surface area contributed by atoms with E-state index in [1.807, 2.05) is 44.2 Å². The summed E-state index contributed by atoms with van der Waals surface area (Å²) in [5, 5.41) is 8.66. The van der Waals surface area contributed by atoms with Gasteiger partial charge in [0.2, 0.25) is 0 Å². The molecule has 1 fully saturated rings. The molecule has 1 aliphatic rings. The second-order valence-corrected chi connectivity index (χ2v) is 7.44. The molecule has 1 saturated heterocycles. The van der Waals surface area contributed by atoms with Gasteiger partial charge in [-0.15, -0.1) is 0 Å². The van der Waals surface area contributed by atoms with Crippen LogP contribution in [0.15, 0.2) is 54.6 Å². The highest BCUT2D eigenvalue weighted by molar-refractivity contribution is 5.91. The van der Waals surface area contributed by atoms with E-state index in [0.717, 1.165) is 49.7 Å². The molecule has 0 spiro atoms. The number of nitrogens with zero attached hydrogens (tertiary/aromatic N) is 2. The molecule has 0 aromatic heterocycles. The lowest BCUT2D eigenvalue weighted by Crippen LogP contribution is -2.46. The zero-order valence-electron chi connectivity index (χ0n) is 17.0. The molecular weight excluding hydrogens is 366 g/mol. The Bertz CT molecular complexity index is 826. The summed E-state index contributed by atoms with van der Waals surface area (Å²) in [6.45, 7) is 8.77. The monoisotopic (exact) mass is 395 g/mol. The topological polar surface area (TPSA) is 65.0 Å². The van der Waals surface area contributed by atoms with Gasteiger partial charge in [0.05, 0.1) is 6.10 Å². The van der Waals surface area contributed by atoms with E-state index in [1.54, 1.807) is 11.6 Å². The van der Waals surface area contributed by atoms with Crippen molar-refractivity contribution >= 4 is 17.7 Å². The van der Waals surface area contributed by atoms with Gasteiger partial charge in [-0.3, -0.25) is 14.9 Å². The minimum Gasteiger partial charge on any atom is -0.491 e. The maximum absolute atomic E-state index is 11.3. The second-order valence-electron chi connectivity index (χ2n) is 7.44. The third kappa shape index (κ3) is 6.07. The minimum atomic E-state index is -0.533. The molecule has 2 N–H and O–H groups in total. The summed E-state index contributed by atoms with van der Waals surface area (Å²) in [6, 6.07) is 16.3. The average Bonchev–Trinajstić information content (AvgIpc) is 2.74. The summed E-state index contributed by atoms with van der Waals surface area (Å²) in [7, 11) is 0. The van der Waals surface area contributed by atoms with E-state index in [-0.39, 0.29) is 6.10 Å². The lowest BCUT2D eigenvalue weighted by Gasteiger charge is -2.36. The number of amides is 1. The number of carbonyl (C=O) groups excluding carboxylic acids is 1. The molecule has 1 aliphatic heterocycles. The highest BCUT2D eigenvalue weighted by atomic mass is 16.5. The van der Waals surface area contributed by atoms with Gasteiger partial charge < -0.3 is 9.64 Å². The van der Waals surface area contributed by atoms with Gasteiger partial charge in [-0.05, 0) is 49.2 Å². The number of hydrogen-bond donors (Lipinski definition) is 2. The number of piperazine rings is 1. The van der Waals surface area contributed by atoms with Crippen molar-refractivity contribution in [2.45, 2.75) is 26.5 Å². The van der Waals surface area contributed by atoms with Gasteiger partial charge in [-0.1, -0.05) is 30.3 Å². The quantitative estimate of drug-likeness (QED) is 0.428. The highest BCUT2D eigenvalue weighted by Crippen LogP contribution is 2.24. The molecule has 29 heavy (non-hydrogen) atoms. The fraction of sp³-hybridized carbons (Fsp3) is 0.348. The molecule has 0 saturated carbocycles. The number of anilines is 1. The lowest BCUT2D eigenvalue weighted by atomic mass is 10.1. The van der Waals surface area contributed by atoms with Crippen LogP contribution < -0.4 is 15.1 Å². The van der Waals surface area contributed by atoms with Gasteiger partial charge >= 0.3 is 0 Å². The van der Waals surface area contributed by atoms with Crippen molar-refractivity contribution < 1.29 is 14.7 Å². The Balaban J connectivity index is 1.57. The first-order valence-corrected chi connectivity index (χ1v) is 9.99. The van der Waals surface area contributed by atoms with E-state index in [0.29, 0.717) is 0 Å². The largest absolute Gasteiger partial charge is 0.491 e. The van der Waals surface area contributed by atoms with Crippen molar-refractivity contribution in [2.24, 2.45) is 0 Å². The number of ether oxygens (including phenoxy) is 1. The molecule has 3 rings (SSSR count). The Kier molecular flexibility index (Phi) is 7.27. The van der Waals surface area contributed by atoms with Crippen molar-refractivity contribution in [2.75, 3.05) is 31.1 Å². The molecule has 6 heteroatoms. The smallest absolute Gasteiger partial charge is 0.267 e. The molecule has 1 heterocycles. The predicted octanol–water partition coefficient (Wildman–Crippen LogP) is 3.31. The van der Waals surface area contributed by atoms with Crippen LogP contribution in [0.25, 0.3) is 6.08 Å². The number of benzene rings is 2. The minimum absolute atomic E-state index is 0.185. The fourth-order valence-electron chi connectivity index (χ4n) is 3.47. The molecular formula is C23H29N3O3. The number of hydroxylamine groups is 1. The summed E-state index contributed by atoms with van der Waals surface area (Å²) in [4.78, 5) is 16.1. The number of rotatable bonds is 7. The van der Waals surface area contributed by atoms with Gasteiger partial charge in [-0.25, -0.2) is 5.48 Å². The van der Waals surface area contributed by atoms with Crippen LogP contribution in [0.2, 0.25) is 0 Å². The summed E-state index contributed by atoms with van der Waals surface area (Å²) < 4.78 is 5.71. The maximum atomic E-state index is 11.3. The molecule has 6 nitrogen and oxygen atoms in total. The summed E-state index contributed by atoms with van der Waals surface area (Å²) in [6.07, 6.45) is 3.25.